The Morgan fingerprint density at radius 1 is 1.50 bits per heavy atom. The highest BCUT2D eigenvalue weighted by Crippen LogP contribution is 2.29. The van der Waals surface area contributed by atoms with Gasteiger partial charge in [0.25, 0.3) is 0 Å². The van der Waals surface area contributed by atoms with E-state index in [-0.39, 0.29) is 5.91 Å². The van der Waals surface area contributed by atoms with Crippen LogP contribution in [-0.2, 0) is 4.79 Å². The zero-order valence-corrected chi connectivity index (χ0v) is 12.9. The highest BCUT2D eigenvalue weighted by Gasteiger charge is 2.33. The summed E-state index contributed by atoms with van der Waals surface area (Å²) in [5, 5.41) is 3.88. The van der Waals surface area contributed by atoms with Gasteiger partial charge in [0.2, 0.25) is 5.91 Å². The molecule has 0 aliphatic carbocycles. The van der Waals surface area contributed by atoms with Crippen LogP contribution in [0.15, 0.2) is 22.7 Å². The van der Waals surface area contributed by atoms with E-state index in [2.05, 4.69) is 21.2 Å². The van der Waals surface area contributed by atoms with Gasteiger partial charge >= 0.3 is 0 Å². The van der Waals surface area contributed by atoms with Crippen molar-refractivity contribution in [2.24, 2.45) is 5.73 Å². The number of halogens is 2. The lowest BCUT2D eigenvalue weighted by atomic mass is 9.89. The van der Waals surface area contributed by atoms with Gasteiger partial charge in [0.15, 0.2) is 0 Å². The van der Waals surface area contributed by atoms with Crippen molar-refractivity contribution < 1.29 is 4.79 Å². The molecular weight excluding hydrogens is 316 g/mol. The van der Waals surface area contributed by atoms with Crippen LogP contribution >= 0.6 is 27.5 Å². The van der Waals surface area contributed by atoms with E-state index in [9.17, 15) is 4.79 Å². The Morgan fingerprint density at radius 2 is 2.17 bits per heavy atom. The van der Waals surface area contributed by atoms with Crippen molar-refractivity contribution in [3.8, 4) is 0 Å². The van der Waals surface area contributed by atoms with Crippen LogP contribution < -0.4 is 11.1 Å². The minimum atomic E-state index is -0.692. The number of benzene rings is 1. The molecule has 3 N–H and O–H groups in total. The Hall–Kier alpha value is -0.740. The Labute approximate surface area is 121 Å². The van der Waals surface area contributed by atoms with Gasteiger partial charge in [0.05, 0.1) is 5.02 Å². The molecule has 0 saturated heterocycles. The Bertz CT molecular complexity index is 439. The Kier molecular flexibility index (Phi) is 5.47. The first-order chi connectivity index (χ1) is 8.45. The zero-order chi connectivity index (χ0) is 13.8. The summed E-state index contributed by atoms with van der Waals surface area (Å²) in [5.74, 6) is -0.321. The monoisotopic (exact) mass is 332 g/mol. The van der Waals surface area contributed by atoms with Gasteiger partial charge in [-0.2, -0.15) is 0 Å². The fourth-order valence-corrected chi connectivity index (χ4v) is 2.46. The third-order valence-corrected chi connectivity index (χ3v) is 4.27. The van der Waals surface area contributed by atoms with Crippen molar-refractivity contribution >= 4 is 39.1 Å². The summed E-state index contributed by atoms with van der Waals surface area (Å²) in [5.41, 5.74) is 5.69. The summed E-state index contributed by atoms with van der Waals surface area (Å²) < 4.78 is 0.792. The largest absolute Gasteiger partial charge is 0.371 e. The average Bonchev–Trinajstić information content (AvgIpc) is 2.33. The molecule has 18 heavy (non-hydrogen) atoms. The van der Waals surface area contributed by atoms with Crippen molar-refractivity contribution in [1.29, 1.82) is 0 Å². The van der Waals surface area contributed by atoms with Gasteiger partial charge in [-0.1, -0.05) is 31.9 Å². The molecule has 0 heterocycles. The number of nitrogens with one attached hydrogen (secondary N) is 1. The molecule has 0 aromatic heterocycles. The second-order valence-corrected chi connectivity index (χ2v) is 5.57. The summed E-state index contributed by atoms with van der Waals surface area (Å²) in [6.07, 6.45) is 2.24. The summed E-state index contributed by atoms with van der Waals surface area (Å²) in [6, 6.07) is 5.47. The number of rotatable bonds is 6. The lowest BCUT2D eigenvalue weighted by Gasteiger charge is -2.31. The molecule has 1 amide bonds. The molecule has 100 valence electrons. The molecule has 0 radical (unpaired) electrons. The second-order valence-electron chi connectivity index (χ2n) is 4.30. The van der Waals surface area contributed by atoms with E-state index in [1.165, 1.54) is 0 Å². The summed E-state index contributed by atoms with van der Waals surface area (Å²) >= 11 is 9.31. The van der Waals surface area contributed by atoms with E-state index >= 15 is 0 Å². The molecule has 0 saturated carbocycles. The van der Waals surface area contributed by atoms with E-state index in [1.54, 1.807) is 6.07 Å². The molecule has 0 bridgehead atoms. The highest BCUT2D eigenvalue weighted by atomic mass is 79.9. The second kappa shape index (κ2) is 6.43. The number of primary amides is 1. The quantitative estimate of drug-likeness (QED) is 0.828. The van der Waals surface area contributed by atoms with Crippen LogP contribution in [0.4, 0.5) is 5.69 Å². The molecule has 1 aromatic rings. The van der Waals surface area contributed by atoms with Crippen LogP contribution in [0.25, 0.3) is 0 Å². The van der Waals surface area contributed by atoms with Crippen molar-refractivity contribution in [2.45, 2.75) is 38.6 Å². The fourth-order valence-electron chi connectivity index (χ4n) is 1.96. The number of carbonyl (C=O) groups is 1. The van der Waals surface area contributed by atoms with E-state index in [1.807, 2.05) is 26.0 Å². The van der Waals surface area contributed by atoms with Crippen molar-refractivity contribution in [3.63, 3.8) is 0 Å². The summed E-state index contributed by atoms with van der Waals surface area (Å²) in [4.78, 5) is 11.7. The van der Waals surface area contributed by atoms with Crippen molar-refractivity contribution in [2.75, 3.05) is 5.32 Å². The fraction of sp³-hybridized carbons (Fsp3) is 0.462. The summed E-state index contributed by atoms with van der Waals surface area (Å²) in [7, 11) is 0. The number of anilines is 1. The molecule has 1 atom stereocenters. The normalized spacial score (nSPS) is 14.0. The van der Waals surface area contributed by atoms with Crippen molar-refractivity contribution in [1.82, 2.24) is 0 Å². The number of hydrogen-bond donors (Lipinski definition) is 2. The molecule has 0 aliphatic heterocycles. The van der Waals surface area contributed by atoms with Crippen LogP contribution in [0.5, 0.6) is 0 Å². The third kappa shape index (κ3) is 3.39. The van der Waals surface area contributed by atoms with E-state index < -0.39 is 5.54 Å². The maximum Gasteiger partial charge on any atom is 0.243 e. The molecule has 0 fully saturated rings. The van der Waals surface area contributed by atoms with Crippen LogP contribution in [0.3, 0.4) is 0 Å². The maximum absolute atomic E-state index is 11.7. The minimum absolute atomic E-state index is 0.321. The van der Waals surface area contributed by atoms with E-state index in [0.717, 1.165) is 16.6 Å². The first-order valence-electron chi connectivity index (χ1n) is 5.98. The molecule has 0 aliphatic rings. The number of carbonyl (C=O) groups excluding carboxylic acids is 1. The standard InChI is InChI=1S/C13H18BrClN2O/c1-3-7-13(4-2,12(16)18)17-9-5-6-11(15)10(14)8-9/h5-6,8,17H,3-4,7H2,1-2H3,(H2,16,18). The average molecular weight is 334 g/mol. The molecule has 1 unspecified atom stereocenters. The Morgan fingerprint density at radius 3 is 2.61 bits per heavy atom. The van der Waals surface area contributed by atoms with Gasteiger partial charge in [0, 0.05) is 10.2 Å². The van der Waals surface area contributed by atoms with Crippen LogP contribution in [-0.4, -0.2) is 11.4 Å². The van der Waals surface area contributed by atoms with Crippen LogP contribution in [0, 0.1) is 0 Å². The molecule has 5 heteroatoms. The van der Waals surface area contributed by atoms with Gasteiger partial charge < -0.3 is 11.1 Å². The zero-order valence-electron chi connectivity index (χ0n) is 10.6. The van der Waals surface area contributed by atoms with Gasteiger partial charge in [-0.25, -0.2) is 0 Å². The highest BCUT2D eigenvalue weighted by molar-refractivity contribution is 9.10. The Balaban J connectivity index is 3.02. The topological polar surface area (TPSA) is 55.1 Å². The van der Waals surface area contributed by atoms with Crippen LogP contribution in [0.2, 0.25) is 5.02 Å². The van der Waals surface area contributed by atoms with Gasteiger partial charge in [0.1, 0.15) is 5.54 Å². The number of nitrogens with two attached hydrogens (primary N) is 1. The van der Waals surface area contributed by atoms with Gasteiger partial charge in [-0.05, 0) is 47.0 Å². The minimum Gasteiger partial charge on any atom is -0.371 e. The molecule has 1 rings (SSSR count). The lowest BCUT2D eigenvalue weighted by Crippen LogP contribution is -2.50. The molecule has 1 aromatic carbocycles. The third-order valence-electron chi connectivity index (χ3n) is 3.06. The van der Waals surface area contributed by atoms with E-state index in [0.29, 0.717) is 17.9 Å². The lowest BCUT2D eigenvalue weighted by molar-refractivity contribution is -0.122. The predicted octanol–water partition coefficient (Wildman–Crippen LogP) is 3.95. The molecule has 3 nitrogen and oxygen atoms in total. The van der Waals surface area contributed by atoms with Crippen molar-refractivity contribution in [3.05, 3.63) is 27.7 Å². The first-order valence-corrected chi connectivity index (χ1v) is 7.15. The summed E-state index contributed by atoms with van der Waals surface area (Å²) in [6.45, 7) is 3.99. The molecule has 0 spiro atoms. The smallest absolute Gasteiger partial charge is 0.243 e. The number of hydrogen-bond acceptors (Lipinski definition) is 2. The van der Waals surface area contributed by atoms with E-state index in [4.69, 9.17) is 17.3 Å². The first kappa shape index (κ1) is 15.3. The molecular formula is C13H18BrClN2O. The SMILES string of the molecule is CCCC(CC)(Nc1ccc(Cl)c(Br)c1)C(N)=O. The van der Waals surface area contributed by atoms with Crippen LogP contribution in [0.1, 0.15) is 33.1 Å². The predicted molar refractivity (Wildman–Crippen MR) is 79.9 cm³/mol. The maximum atomic E-state index is 11.7. The van der Waals surface area contributed by atoms with Gasteiger partial charge in [-0.3, -0.25) is 4.79 Å². The number of amides is 1. The van der Waals surface area contributed by atoms with Gasteiger partial charge in [-0.15, -0.1) is 0 Å².